The van der Waals surface area contributed by atoms with E-state index in [1.54, 1.807) is 0 Å². The van der Waals surface area contributed by atoms with Crippen LogP contribution in [-0.2, 0) is 0 Å². The van der Waals surface area contributed by atoms with Gasteiger partial charge in [-0.2, -0.15) is 11.8 Å². The lowest BCUT2D eigenvalue weighted by Gasteiger charge is -2.44. The van der Waals surface area contributed by atoms with Crippen LogP contribution in [0, 0.1) is 11.3 Å². The van der Waals surface area contributed by atoms with E-state index in [1.807, 2.05) is 0 Å². The molecule has 2 aliphatic carbocycles. The van der Waals surface area contributed by atoms with Gasteiger partial charge in [-0.3, -0.25) is 0 Å². The third-order valence-electron chi connectivity index (χ3n) is 4.80. The normalized spacial score (nSPS) is 35.3. The van der Waals surface area contributed by atoms with Gasteiger partial charge in [0.05, 0.1) is 0 Å². The Kier molecular flexibility index (Phi) is 4.14. The lowest BCUT2D eigenvalue weighted by molar-refractivity contribution is 0.146. The summed E-state index contributed by atoms with van der Waals surface area (Å²) in [5.74, 6) is 0.892. The highest BCUT2D eigenvalue weighted by Gasteiger charge is 2.38. The molecule has 2 unspecified atom stereocenters. The van der Waals surface area contributed by atoms with Gasteiger partial charge in [-0.25, -0.2) is 0 Å². The summed E-state index contributed by atoms with van der Waals surface area (Å²) in [5.41, 5.74) is 0.543. The van der Waals surface area contributed by atoms with Crippen molar-refractivity contribution in [2.24, 2.45) is 11.3 Å². The summed E-state index contributed by atoms with van der Waals surface area (Å²) in [4.78, 5) is 0. The maximum atomic E-state index is 3.88. The molecule has 2 fully saturated rings. The first-order valence-corrected chi connectivity index (χ1v) is 8.46. The zero-order valence-electron chi connectivity index (χ0n) is 12.0. The second-order valence-electron chi connectivity index (χ2n) is 7.23. The second kappa shape index (κ2) is 5.13. The van der Waals surface area contributed by atoms with Crippen molar-refractivity contribution in [3.05, 3.63) is 0 Å². The Morgan fingerprint density at radius 3 is 2.41 bits per heavy atom. The van der Waals surface area contributed by atoms with E-state index in [2.05, 4.69) is 44.1 Å². The van der Waals surface area contributed by atoms with E-state index < -0.39 is 0 Å². The Morgan fingerprint density at radius 1 is 1.24 bits per heavy atom. The fourth-order valence-corrected chi connectivity index (χ4v) is 4.78. The quantitative estimate of drug-likeness (QED) is 0.812. The van der Waals surface area contributed by atoms with Crippen LogP contribution in [0.5, 0.6) is 0 Å². The number of nitrogens with one attached hydrogen (secondary N) is 1. The number of hydrogen-bond donors (Lipinski definition) is 1. The standard InChI is InChI=1S/C15H29NS/c1-12-8-13(10-14(2,3)9-12)16-11-15(17-4)6-5-7-15/h12-13,16H,5-11H2,1-4H3. The van der Waals surface area contributed by atoms with Crippen LogP contribution >= 0.6 is 11.8 Å². The van der Waals surface area contributed by atoms with Crippen molar-refractivity contribution in [3.63, 3.8) is 0 Å². The Labute approximate surface area is 112 Å². The average molecular weight is 255 g/mol. The summed E-state index contributed by atoms with van der Waals surface area (Å²) >= 11 is 2.09. The molecule has 0 saturated heterocycles. The van der Waals surface area contributed by atoms with Crippen LogP contribution in [0.2, 0.25) is 0 Å². The zero-order chi connectivity index (χ0) is 12.5. The first-order valence-electron chi connectivity index (χ1n) is 7.23. The van der Waals surface area contributed by atoms with Crippen molar-refractivity contribution >= 4 is 11.8 Å². The molecule has 2 atom stereocenters. The molecule has 0 spiro atoms. The number of thioether (sulfide) groups is 1. The summed E-state index contributed by atoms with van der Waals surface area (Å²) in [5, 5.41) is 3.88. The van der Waals surface area contributed by atoms with Crippen LogP contribution < -0.4 is 5.32 Å². The molecule has 0 amide bonds. The van der Waals surface area contributed by atoms with Crippen LogP contribution in [0.1, 0.15) is 59.3 Å². The van der Waals surface area contributed by atoms with Gasteiger partial charge in [-0.05, 0) is 49.7 Å². The maximum absolute atomic E-state index is 3.88. The molecule has 0 heterocycles. The van der Waals surface area contributed by atoms with Gasteiger partial charge in [0.15, 0.2) is 0 Å². The van der Waals surface area contributed by atoms with Crippen molar-refractivity contribution in [3.8, 4) is 0 Å². The molecule has 17 heavy (non-hydrogen) atoms. The first kappa shape index (κ1) is 13.7. The summed E-state index contributed by atoms with van der Waals surface area (Å²) < 4.78 is 0.588. The molecule has 0 aromatic carbocycles. The summed E-state index contributed by atoms with van der Waals surface area (Å²) in [7, 11) is 0. The molecule has 2 aliphatic rings. The molecule has 0 radical (unpaired) electrons. The molecule has 1 N–H and O–H groups in total. The SMILES string of the molecule is CSC1(CNC2CC(C)CC(C)(C)C2)CCC1. The highest BCUT2D eigenvalue weighted by molar-refractivity contribution is 8.00. The van der Waals surface area contributed by atoms with Gasteiger partial charge < -0.3 is 5.32 Å². The predicted molar refractivity (Wildman–Crippen MR) is 78.7 cm³/mol. The number of hydrogen-bond acceptors (Lipinski definition) is 2. The molecule has 100 valence electrons. The molecule has 0 aliphatic heterocycles. The van der Waals surface area contributed by atoms with E-state index in [4.69, 9.17) is 0 Å². The van der Waals surface area contributed by atoms with Crippen molar-refractivity contribution in [1.29, 1.82) is 0 Å². The molecule has 2 heteroatoms. The van der Waals surface area contributed by atoms with Gasteiger partial charge >= 0.3 is 0 Å². The zero-order valence-corrected chi connectivity index (χ0v) is 12.8. The first-order chi connectivity index (χ1) is 7.95. The average Bonchev–Trinajstić information content (AvgIpc) is 2.13. The second-order valence-corrected chi connectivity index (χ2v) is 8.51. The van der Waals surface area contributed by atoms with Crippen molar-refractivity contribution < 1.29 is 0 Å². The van der Waals surface area contributed by atoms with E-state index in [0.29, 0.717) is 10.2 Å². The Hall–Kier alpha value is 0.310. The third kappa shape index (κ3) is 3.41. The topological polar surface area (TPSA) is 12.0 Å². The van der Waals surface area contributed by atoms with Crippen LogP contribution in [0.4, 0.5) is 0 Å². The van der Waals surface area contributed by atoms with E-state index in [-0.39, 0.29) is 0 Å². The smallest absolute Gasteiger partial charge is 0.0281 e. The van der Waals surface area contributed by atoms with Crippen LogP contribution in [-0.4, -0.2) is 23.6 Å². The molecule has 0 bridgehead atoms. The lowest BCUT2D eigenvalue weighted by atomic mass is 9.70. The van der Waals surface area contributed by atoms with Gasteiger partial charge in [-0.1, -0.05) is 27.2 Å². The van der Waals surface area contributed by atoms with Gasteiger partial charge in [0.2, 0.25) is 0 Å². The summed E-state index contributed by atoms with van der Waals surface area (Å²) in [6, 6.07) is 0.762. The molecule has 2 saturated carbocycles. The highest BCUT2D eigenvalue weighted by atomic mass is 32.2. The molecule has 2 rings (SSSR count). The fourth-order valence-electron chi connectivity index (χ4n) is 3.86. The van der Waals surface area contributed by atoms with Crippen molar-refractivity contribution in [2.45, 2.75) is 70.1 Å². The maximum Gasteiger partial charge on any atom is 0.0281 e. The van der Waals surface area contributed by atoms with Crippen molar-refractivity contribution in [1.82, 2.24) is 5.32 Å². The lowest BCUT2D eigenvalue weighted by Crippen LogP contribution is -2.49. The largest absolute Gasteiger partial charge is 0.313 e. The molecular formula is C15H29NS. The van der Waals surface area contributed by atoms with E-state index in [1.165, 1.54) is 45.1 Å². The van der Waals surface area contributed by atoms with E-state index in [0.717, 1.165) is 12.0 Å². The van der Waals surface area contributed by atoms with Gasteiger partial charge in [0.1, 0.15) is 0 Å². The van der Waals surface area contributed by atoms with E-state index in [9.17, 15) is 0 Å². The van der Waals surface area contributed by atoms with Crippen LogP contribution in [0.25, 0.3) is 0 Å². The molecule has 0 aromatic heterocycles. The Morgan fingerprint density at radius 2 is 1.94 bits per heavy atom. The molecular weight excluding hydrogens is 226 g/mol. The minimum atomic E-state index is 0.543. The minimum absolute atomic E-state index is 0.543. The number of rotatable bonds is 4. The minimum Gasteiger partial charge on any atom is -0.313 e. The van der Waals surface area contributed by atoms with E-state index >= 15 is 0 Å². The summed E-state index contributed by atoms with van der Waals surface area (Å²) in [6.45, 7) is 8.53. The predicted octanol–water partition coefficient (Wildman–Crippen LogP) is 4.08. The Balaban J connectivity index is 1.82. The fraction of sp³-hybridized carbons (Fsp3) is 1.00. The molecule has 0 aromatic rings. The van der Waals surface area contributed by atoms with Crippen LogP contribution in [0.3, 0.4) is 0 Å². The third-order valence-corrected chi connectivity index (χ3v) is 6.22. The van der Waals surface area contributed by atoms with Crippen molar-refractivity contribution in [2.75, 3.05) is 12.8 Å². The molecule has 1 nitrogen and oxygen atoms in total. The highest BCUT2D eigenvalue weighted by Crippen LogP contribution is 2.43. The Bertz CT molecular complexity index is 252. The van der Waals surface area contributed by atoms with Crippen LogP contribution in [0.15, 0.2) is 0 Å². The van der Waals surface area contributed by atoms with Gasteiger partial charge in [-0.15, -0.1) is 0 Å². The monoisotopic (exact) mass is 255 g/mol. The van der Waals surface area contributed by atoms with Gasteiger partial charge in [0.25, 0.3) is 0 Å². The van der Waals surface area contributed by atoms with Gasteiger partial charge in [0, 0.05) is 17.3 Å². The summed E-state index contributed by atoms with van der Waals surface area (Å²) in [6.07, 6.45) is 10.7.